The molecule has 0 unspecified atom stereocenters. The van der Waals surface area contributed by atoms with Crippen LogP contribution in [0.25, 0.3) is 0 Å². The van der Waals surface area contributed by atoms with Gasteiger partial charge >= 0.3 is 6.18 Å². The number of nitrogens with zero attached hydrogens (tertiary/aromatic N) is 3. The summed E-state index contributed by atoms with van der Waals surface area (Å²) < 4.78 is 41.0. The van der Waals surface area contributed by atoms with Crippen molar-refractivity contribution in [3.8, 4) is 5.88 Å². The standard InChI is InChI=1S/C17H22F3N5OS/c1-3-21-16(22-7-6-14-10-27-12(2)25-14)24-9-13-4-5-15(23-8-13)26-11-17(18,19)20/h4-5,8,10H,3,6-7,9,11H2,1-2H3,(H2,21,22,24). The first-order chi connectivity index (χ1) is 12.9. The quantitative estimate of drug-likeness (QED) is 0.525. The van der Waals surface area contributed by atoms with Gasteiger partial charge in [0.15, 0.2) is 12.6 Å². The first-order valence-corrected chi connectivity index (χ1v) is 9.31. The molecular weight excluding hydrogens is 379 g/mol. The molecule has 10 heteroatoms. The summed E-state index contributed by atoms with van der Waals surface area (Å²) >= 11 is 1.62. The molecule has 2 rings (SSSR count). The lowest BCUT2D eigenvalue weighted by Gasteiger charge is -2.11. The van der Waals surface area contributed by atoms with Crippen molar-refractivity contribution in [3.63, 3.8) is 0 Å². The number of rotatable bonds is 8. The number of thiazole rings is 1. The van der Waals surface area contributed by atoms with Gasteiger partial charge in [0.1, 0.15) is 0 Å². The number of aromatic nitrogens is 2. The summed E-state index contributed by atoms with van der Waals surface area (Å²) in [5.74, 6) is 0.588. The lowest BCUT2D eigenvalue weighted by Crippen LogP contribution is -2.38. The highest BCUT2D eigenvalue weighted by atomic mass is 32.1. The molecule has 148 valence electrons. The third-order valence-electron chi connectivity index (χ3n) is 3.29. The van der Waals surface area contributed by atoms with Crippen LogP contribution in [-0.4, -0.2) is 41.8 Å². The van der Waals surface area contributed by atoms with Crippen molar-refractivity contribution in [2.24, 2.45) is 4.99 Å². The van der Waals surface area contributed by atoms with Crippen LogP contribution in [0.5, 0.6) is 5.88 Å². The molecule has 0 fully saturated rings. The number of nitrogens with one attached hydrogen (secondary N) is 2. The Bertz CT molecular complexity index is 731. The van der Waals surface area contributed by atoms with E-state index in [0.717, 1.165) is 22.7 Å². The summed E-state index contributed by atoms with van der Waals surface area (Å²) in [7, 11) is 0. The van der Waals surface area contributed by atoms with E-state index >= 15 is 0 Å². The van der Waals surface area contributed by atoms with E-state index in [1.54, 1.807) is 17.4 Å². The molecule has 2 N–H and O–H groups in total. The molecule has 0 spiro atoms. The third kappa shape index (κ3) is 8.25. The highest BCUT2D eigenvalue weighted by Gasteiger charge is 2.28. The van der Waals surface area contributed by atoms with Crippen LogP contribution in [-0.2, 0) is 13.0 Å². The van der Waals surface area contributed by atoms with Crippen molar-refractivity contribution in [1.82, 2.24) is 20.6 Å². The average molecular weight is 401 g/mol. The van der Waals surface area contributed by atoms with E-state index in [2.05, 4.69) is 30.3 Å². The normalized spacial score (nSPS) is 12.1. The molecule has 0 bridgehead atoms. The predicted octanol–water partition coefficient (Wildman–Crippen LogP) is 3.09. The van der Waals surface area contributed by atoms with E-state index in [9.17, 15) is 13.2 Å². The van der Waals surface area contributed by atoms with Crippen LogP contribution >= 0.6 is 11.3 Å². The van der Waals surface area contributed by atoms with Crippen LogP contribution in [0.3, 0.4) is 0 Å². The molecule has 2 heterocycles. The first-order valence-electron chi connectivity index (χ1n) is 8.43. The molecule has 2 aromatic rings. The van der Waals surface area contributed by atoms with Gasteiger partial charge < -0.3 is 15.4 Å². The zero-order valence-corrected chi connectivity index (χ0v) is 16.0. The van der Waals surface area contributed by atoms with Gasteiger partial charge in [-0.2, -0.15) is 13.2 Å². The number of hydrogen-bond acceptors (Lipinski definition) is 5. The van der Waals surface area contributed by atoms with E-state index < -0.39 is 12.8 Å². The summed E-state index contributed by atoms with van der Waals surface area (Å²) in [6, 6.07) is 3.05. The molecule has 0 aliphatic heterocycles. The summed E-state index contributed by atoms with van der Waals surface area (Å²) in [5, 5.41) is 9.45. The van der Waals surface area contributed by atoms with Crippen LogP contribution in [0.1, 0.15) is 23.2 Å². The third-order valence-corrected chi connectivity index (χ3v) is 4.11. The lowest BCUT2D eigenvalue weighted by molar-refractivity contribution is -0.154. The number of pyridine rings is 1. The van der Waals surface area contributed by atoms with Crippen LogP contribution in [0.15, 0.2) is 28.7 Å². The number of alkyl halides is 3. The highest BCUT2D eigenvalue weighted by Crippen LogP contribution is 2.17. The second kappa shape index (κ2) is 10.1. The fraction of sp³-hybridized carbons (Fsp3) is 0.471. The number of aryl methyl sites for hydroxylation is 1. The van der Waals surface area contributed by atoms with Gasteiger partial charge in [-0.1, -0.05) is 6.07 Å². The van der Waals surface area contributed by atoms with Crippen molar-refractivity contribution in [2.45, 2.75) is 33.0 Å². The fourth-order valence-electron chi connectivity index (χ4n) is 2.09. The first kappa shape index (κ1) is 20.9. The zero-order chi connectivity index (χ0) is 19.7. The van der Waals surface area contributed by atoms with Gasteiger partial charge in [0, 0.05) is 37.2 Å². The largest absolute Gasteiger partial charge is 0.468 e. The maximum absolute atomic E-state index is 12.1. The molecule has 2 aromatic heterocycles. The topological polar surface area (TPSA) is 71.4 Å². The van der Waals surface area contributed by atoms with Crippen molar-refractivity contribution in [1.29, 1.82) is 0 Å². The molecule has 0 aliphatic rings. The van der Waals surface area contributed by atoms with E-state index in [1.807, 2.05) is 19.2 Å². The van der Waals surface area contributed by atoms with E-state index in [-0.39, 0.29) is 5.88 Å². The Kier molecular flexibility index (Phi) is 7.83. The summed E-state index contributed by atoms with van der Waals surface area (Å²) in [5.41, 5.74) is 1.81. The van der Waals surface area contributed by atoms with Gasteiger partial charge in [0.2, 0.25) is 5.88 Å². The molecule has 6 nitrogen and oxygen atoms in total. The minimum Gasteiger partial charge on any atom is -0.468 e. The summed E-state index contributed by atoms with van der Waals surface area (Å²) in [6.45, 7) is 4.33. The number of guanidine groups is 1. The second-order valence-electron chi connectivity index (χ2n) is 5.64. The monoisotopic (exact) mass is 401 g/mol. The molecule has 0 atom stereocenters. The Morgan fingerprint density at radius 3 is 2.70 bits per heavy atom. The number of halogens is 3. The Labute approximate surface area is 159 Å². The maximum Gasteiger partial charge on any atom is 0.422 e. The van der Waals surface area contributed by atoms with Crippen LogP contribution in [0, 0.1) is 6.92 Å². The lowest BCUT2D eigenvalue weighted by atomic mass is 10.3. The summed E-state index contributed by atoms with van der Waals surface area (Å²) in [6.07, 6.45) is -2.13. The second-order valence-corrected chi connectivity index (χ2v) is 6.70. The van der Waals surface area contributed by atoms with Gasteiger partial charge in [-0.25, -0.2) is 15.0 Å². The molecule has 0 aliphatic carbocycles. The maximum atomic E-state index is 12.1. The number of ether oxygens (including phenoxy) is 1. The fourth-order valence-corrected chi connectivity index (χ4v) is 2.74. The average Bonchev–Trinajstić information content (AvgIpc) is 3.03. The highest BCUT2D eigenvalue weighted by molar-refractivity contribution is 7.09. The van der Waals surface area contributed by atoms with Crippen molar-refractivity contribution in [3.05, 3.63) is 40.0 Å². The van der Waals surface area contributed by atoms with E-state index in [4.69, 9.17) is 0 Å². The van der Waals surface area contributed by atoms with Gasteiger partial charge in [0.25, 0.3) is 0 Å². The SMILES string of the molecule is CCNC(=NCc1ccc(OCC(F)(F)F)nc1)NCCc1csc(C)n1. The summed E-state index contributed by atoms with van der Waals surface area (Å²) in [4.78, 5) is 12.7. The van der Waals surface area contributed by atoms with Crippen LogP contribution in [0.2, 0.25) is 0 Å². The van der Waals surface area contributed by atoms with Gasteiger partial charge in [-0.15, -0.1) is 11.3 Å². The van der Waals surface area contributed by atoms with Crippen LogP contribution in [0.4, 0.5) is 13.2 Å². The van der Waals surface area contributed by atoms with Crippen LogP contribution < -0.4 is 15.4 Å². The van der Waals surface area contributed by atoms with Gasteiger partial charge in [-0.05, 0) is 19.4 Å². The zero-order valence-electron chi connectivity index (χ0n) is 15.1. The molecule has 0 amide bonds. The van der Waals surface area contributed by atoms with E-state index in [0.29, 0.717) is 25.6 Å². The van der Waals surface area contributed by atoms with Crippen molar-refractivity contribution >= 4 is 17.3 Å². The molecule has 0 radical (unpaired) electrons. The minimum atomic E-state index is -4.38. The minimum absolute atomic E-state index is 0.0661. The molecular formula is C17H22F3N5OS. The van der Waals surface area contributed by atoms with Crippen molar-refractivity contribution < 1.29 is 17.9 Å². The molecule has 0 saturated carbocycles. The smallest absolute Gasteiger partial charge is 0.422 e. The number of aliphatic imine (C=N–C) groups is 1. The molecule has 27 heavy (non-hydrogen) atoms. The number of hydrogen-bond donors (Lipinski definition) is 2. The molecule has 0 saturated heterocycles. The van der Waals surface area contributed by atoms with E-state index in [1.165, 1.54) is 12.3 Å². The van der Waals surface area contributed by atoms with Gasteiger partial charge in [-0.3, -0.25) is 0 Å². The Balaban J connectivity index is 1.84. The Morgan fingerprint density at radius 1 is 1.30 bits per heavy atom. The van der Waals surface area contributed by atoms with Gasteiger partial charge in [0.05, 0.1) is 17.2 Å². The Hall–Kier alpha value is -2.36. The Morgan fingerprint density at radius 2 is 2.11 bits per heavy atom. The molecule has 0 aromatic carbocycles. The van der Waals surface area contributed by atoms with Crippen molar-refractivity contribution in [2.75, 3.05) is 19.7 Å². The predicted molar refractivity (Wildman–Crippen MR) is 99.2 cm³/mol.